The molecule has 5 nitrogen and oxygen atoms in total. The van der Waals surface area contributed by atoms with Crippen molar-refractivity contribution in [2.45, 2.75) is 57.7 Å². The molecule has 1 aromatic heterocycles. The summed E-state index contributed by atoms with van der Waals surface area (Å²) < 4.78 is 5.59. The van der Waals surface area contributed by atoms with Crippen LogP contribution in [0.3, 0.4) is 0 Å². The van der Waals surface area contributed by atoms with Gasteiger partial charge in [0.25, 0.3) is 0 Å². The minimum absolute atomic E-state index is 0.0322. The Kier molecular flexibility index (Phi) is 5.42. The molecule has 1 aromatic carbocycles. The number of aromatic nitrogens is 1. The lowest BCUT2D eigenvalue weighted by Gasteiger charge is -2.47. The fourth-order valence-corrected chi connectivity index (χ4v) is 4.62. The van der Waals surface area contributed by atoms with Crippen molar-refractivity contribution in [2.75, 3.05) is 0 Å². The summed E-state index contributed by atoms with van der Waals surface area (Å²) in [6.07, 6.45) is 5.87. The molecule has 2 unspecified atom stereocenters. The van der Waals surface area contributed by atoms with Gasteiger partial charge in [0.1, 0.15) is 6.61 Å². The van der Waals surface area contributed by atoms with E-state index < -0.39 is 0 Å². The summed E-state index contributed by atoms with van der Waals surface area (Å²) in [5, 5.41) is 0. The van der Waals surface area contributed by atoms with E-state index in [1.807, 2.05) is 48.2 Å². The van der Waals surface area contributed by atoms with Gasteiger partial charge in [0.2, 0.25) is 0 Å². The molecule has 2 aliphatic rings. The van der Waals surface area contributed by atoms with E-state index in [-0.39, 0.29) is 36.5 Å². The van der Waals surface area contributed by atoms with Crippen LogP contribution in [0.5, 0.6) is 0 Å². The highest BCUT2D eigenvalue weighted by Gasteiger charge is 2.43. The first-order chi connectivity index (χ1) is 13.6. The molecule has 146 valence electrons. The minimum Gasteiger partial charge on any atom is -0.445 e. The van der Waals surface area contributed by atoms with Gasteiger partial charge in [-0.15, -0.1) is 0 Å². The van der Waals surface area contributed by atoms with Gasteiger partial charge in [0.05, 0.1) is 0 Å². The third kappa shape index (κ3) is 3.93. The van der Waals surface area contributed by atoms with Gasteiger partial charge >= 0.3 is 6.09 Å². The third-order valence-corrected chi connectivity index (χ3v) is 5.94. The molecule has 0 N–H and O–H groups in total. The summed E-state index contributed by atoms with van der Waals surface area (Å²) in [6, 6.07) is 13.6. The van der Waals surface area contributed by atoms with E-state index in [1.165, 1.54) is 0 Å². The van der Waals surface area contributed by atoms with Crippen LogP contribution in [-0.4, -0.2) is 33.8 Å². The fourth-order valence-electron chi connectivity index (χ4n) is 4.62. The Labute approximate surface area is 165 Å². The van der Waals surface area contributed by atoms with Gasteiger partial charge in [-0.3, -0.25) is 9.78 Å². The molecule has 2 fully saturated rings. The predicted molar refractivity (Wildman–Crippen MR) is 106 cm³/mol. The van der Waals surface area contributed by atoms with Crippen molar-refractivity contribution in [2.24, 2.45) is 5.92 Å². The molecule has 5 heteroatoms. The Hall–Kier alpha value is -2.69. The second kappa shape index (κ2) is 8.13. The van der Waals surface area contributed by atoms with Crippen molar-refractivity contribution in [3.05, 3.63) is 65.5 Å². The fraction of sp³-hybridized carbons (Fsp3) is 0.435. The van der Waals surface area contributed by atoms with Crippen LogP contribution in [0.4, 0.5) is 4.79 Å². The molecular formula is C23H26N2O3. The van der Waals surface area contributed by atoms with E-state index in [2.05, 4.69) is 4.98 Å². The smallest absolute Gasteiger partial charge is 0.410 e. The van der Waals surface area contributed by atoms with E-state index in [0.717, 1.165) is 48.9 Å². The number of carbonyl (C=O) groups excluding carboxylic acids is 2. The molecule has 0 spiro atoms. The number of Topliss-reactive ketones (excluding diaryl/α,β-unsaturated/α-hetero) is 1. The molecule has 2 aromatic rings. The lowest BCUT2D eigenvalue weighted by Crippen LogP contribution is -2.55. The Morgan fingerprint density at radius 1 is 1.11 bits per heavy atom. The summed E-state index contributed by atoms with van der Waals surface area (Å²) >= 11 is 0. The van der Waals surface area contributed by atoms with E-state index >= 15 is 0 Å². The van der Waals surface area contributed by atoms with Crippen LogP contribution in [0.25, 0.3) is 0 Å². The molecule has 1 amide bonds. The van der Waals surface area contributed by atoms with Gasteiger partial charge in [-0.05, 0) is 56.7 Å². The Morgan fingerprint density at radius 3 is 2.50 bits per heavy atom. The van der Waals surface area contributed by atoms with Crippen molar-refractivity contribution in [3.8, 4) is 0 Å². The van der Waals surface area contributed by atoms with Crippen LogP contribution in [0, 0.1) is 12.8 Å². The third-order valence-electron chi connectivity index (χ3n) is 5.94. The van der Waals surface area contributed by atoms with Crippen molar-refractivity contribution >= 4 is 11.9 Å². The van der Waals surface area contributed by atoms with Gasteiger partial charge in [0, 0.05) is 35.5 Å². The maximum absolute atomic E-state index is 13.0. The minimum atomic E-state index is -0.246. The van der Waals surface area contributed by atoms with Gasteiger partial charge in [-0.2, -0.15) is 0 Å². The lowest BCUT2D eigenvalue weighted by molar-refractivity contribution is 0.00472. The first-order valence-corrected chi connectivity index (χ1v) is 10.1. The Bertz CT molecular complexity index is 838. The molecule has 0 radical (unpaired) electrons. The number of piperidine rings is 2. The molecule has 2 atom stereocenters. The van der Waals surface area contributed by atoms with E-state index in [9.17, 15) is 9.59 Å². The van der Waals surface area contributed by atoms with Gasteiger partial charge in [-0.25, -0.2) is 4.79 Å². The lowest BCUT2D eigenvalue weighted by atomic mass is 9.76. The number of hydrogen-bond acceptors (Lipinski definition) is 4. The number of carbonyl (C=O) groups is 2. The molecule has 0 aliphatic carbocycles. The van der Waals surface area contributed by atoms with E-state index in [1.54, 1.807) is 12.3 Å². The number of rotatable bonds is 4. The summed E-state index contributed by atoms with van der Waals surface area (Å²) in [4.78, 5) is 31.9. The standard InChI is InChI=1S/C23H26N2O3/c1-16-12-18(10-11-24-16)22(26)19-13-20-8-5-9-21(14-19)25(20)23(27)28-15-17-6-3-2-4-7-17/h2-4,6-7,10-12,19-21H,5,8-9,13-15H2,1H3. The number of nitrogens with zero attached hydrogens (tertiary/aromatic N) is 2. The highest BCUT2D eigenvalue weighted by molar-refractivity contribution is 5.98. The SMILES string of the molecule is Cc1cc(C(=O)C2CC3CCCC(C2)N3C(=O)OCc2ccccc2)ccn1. The van der Waals surface area contributed by atoms with Gasteiger partial charge < -0.3 is 9.64 Å². The summed E-state index contributed by atoms with van der Waals surface area (Å²) in [5.74, 6) is 0.148. The summed E-state index contributed by atoms with van der Waals surface area (Å²) in [7, 11) is 0. The number of benzene rings is 1. The van der Waals surface area contributed by atoms with Gasteiger partial charge in [0.15, 0.2) is 5.78 Å². The molecule has 4 rings (SSSR count). The first kappa shape index (κ1) is 18.7. The zero-order valence-corrected chi connectivity index (χ0v) is 16.2. The second-order valence-electron chi connectivity index (χ2n) is 7.90. The van der Waals surface area contributed by atoms with Crippen molar-refractivity contribution in [3.63, 3.8) is 0 Å². The van der Waals surface area contributed by atoms with Crippen LogP contribution in [0.2, 0.25) is 0 Å². The van der Waals surface area contributed by atoms with Crippen molar-refractivity contribution < 1.29 is 14.3 Å². The average molecular weight is 378 g/mol. The Morgan fingerprint density at radius 2 is 1.82 bits per heavy atom. The van der Waals surface area contributed by atoms with Gasteiger partial charge in [-0.1, -0.05) is 30.3 Å². The molecule has 3 heterocycles. The number of hydrogen-bond donors (Lipinski definition) is 0. The monoisotopic (exact) mass is 378 g/mol. The zero-order valence-electron chi connectivity index (χ0n) is 16.2. The molecular weight excluding hydrogens is 352 g/mol. The van der Waals surface area contributed by atoms with Crippen LogP contribution < -0.4 is 0 Å². The predicted octanol–water partition coefficient (Wildman–Crippen LogP) is 4.54. The topological polar surface area (TPSA) is 59.5 Å². The van der Waals surface area contributed by atoms with Crippen LogP contribution in [-0.2, 0) is 11.3 Å². The molecule has 28 heavy (non-hydrogen) atoms. The van der Waals surface area contributed by atoms with E-state index in [0.29, 0.717) is 0 Å². The summed E-state index contributed by atoms with van der Waals surface area (Å²) in [5.41, 5.74) is 2.57. The van der Waals surface area contributed by atoms with Crippen LogP contribution in [0.15, 0.2) is 48.7 Å². The van der Waals surface area contributed by atoms with Crippen molar-refractivity contribution in [1.82, 2.24) is 9.88 Å². The highest BCUT2D eigenvalue weighted by Crippen LogP contribution is 2.38. The average Bonchev–Trinajstić information content (AvgIpc) is 2.71. The largest absolute Gasteiger partial charge is 0.445 e. The number of aryl methyl sites for hydroxylation is 1. The quantitative estimate of drug-likeness (QED) is 0.733. The second-order valence-corrected chi connectivity index (χ2v) is 7.90. The summed E-state index contributed by atoms with van der Waals surface area (Å²) in [6.45, 7) is 2.19. The number of ether oxygens (including phenoxy) is 1. The van der Waals surface area contributed by atoms with Crippen molar-refractivity contribution in [1.29, 1.82) is 0 Å². The number of amides is 1. The molecule has 0 saturated carbocycles. The molecule has 2 bridgehead atoms. The number of pyridine rings is 1. The van der Waals surface area contributed by atoms with E-state index in [4.69, 9.17) is 4.74 Å². The molecule has 2 aliphatic heterocycles. The Balaban J connectivity index is 1.43. The van der Waals surface area contributed by atoms with Crippen LogP contribution in [0.1, 0.15) is 53.7 Å². The molecule has 2 saturated heterocycles. The number of fused-ring (bicyclic) bond motifs is 2. The maximum Gasteiger partial charge on any atom is 0.410 e. The van der Waals surface area contributed by atoms with Crippen LogP contribution >= 0.6 is 0 Å². The normalized spacial score (nSPS) is 23.9. The zero-order chi connectivity index (χ0) is 19.5. The number of ketones is 1. The highest BCUT2D eigenvalue weighted by atomic mass is 16.6. The first-order valence-electron chi connectivity index (χ1n) is 10.1. The maximum atomic E-state index is 13.0.